The Hall–Kier alpha value is -2.02. The van der Waals surface area contributed by atoms with Gasteiger partial charge in [0.2, 0.25) is 0 Å². The molecule has 2 aromatic carbocycles. The molecule has 0 saturated carbocycles. The molecule has 0 heterocycles. The first-order chi connectivity index (χ1) is 7.27. The quantitative estimate of drug-likeness (QED) is 0.544. The van der Waals surface area contributed by atoms with E-state index in [1.165, 1.54) is 16.7 Å². The van der Waals surface area contributed by atoms with E-state index in [0.29, 0.717) is 0 Å². The van der Waals surface area contributed by atoms with Crippen LogP contribution in [0.5, 0.6) is 0 Å². The summed E-state index contributed by atoms with van der Waals surface area (Å²) in [7, 11) is 0. The lowest BCUT2D eigenvalue weighted by Crippen LogP contribution is -1.86. The van der Waals surface area contributed by atoms with Crippen molar-refractivity contribution in [2.45, 2.75) is 0 Å². The first kappa shape index (κ1) is 8.30. The summed E-state index contributed by atoms with van der Waals surface area (Å²) in [5.74, 6) is 0. The molecule has 0 saturated heterocycles. The van der Waals surface area contributed by atoms with Gasteiger partial charge >= 0.3 is 0 Å². The zero-order chi connectivity index (χ0) is 10.4. The molecule has 15 heavy (non-hydrogen) atoms. The molecule has 2 N–H and O–H groups in total. The smallest absolute Gasteiger partial charge is 0.0320 e. The van der Waals surface area contributed by atoms with Crippen molar-refractivity contribution in [2.24, 2.45) is 0 Å². The highest BCUT2D eigenvalue weighted by atomic mass is 14.5. The van der Waals surface area contributed by atoms with Crippen molar-refractivity contribution < 1.29 is 0 Å². The number of anilines is 1. The van der Waals surface area contributed by atoms with Gasteiger partial charge in [0.1, 0.15) is 0 Å². The number of benzene rings is 2. The van der Waals surface area contributed by atoms with Gasteiger partial charge in [-0.15, -0.1) is 0 Å². The fraction of sp³-hybridized carbons (Fsp3) is 0. The Morgan fingerprint density at radius 1 is 0.800 bits per heavy atom. The first-order valence-electron chi connectivity index (χ1n) is 4.96. The summed E-state index contributed by atoms with van der Waals surface area (Å²) in [6.07, 6.45) is 0. The molecule has 0 aromatic heterocycles. The molecule has 0 aliphatic heterocycles. The topological polar surface area (TPSA) is 26.0 Å². The normalized spacial score (nSPS) is 12.4. The van der Waals surface area contributed by atoms with Crippen LogP contribution >= 0.6 is 0 Å². The van der Waals surface area contributed by atoms with Gasteiger partial charge < -0.3 is 5.73 Å². The van der Waals surface area contributed by atoms with Gasteiger partial charge in [0.15, 0.2) is 0 Å². The Morgan fingerprint density at radius 2 is 1.47 bits per heavy atom. The van der Waals surface area contributed by atoms with E-state index in [1.54, 1.807) is 0 Å². The summed E-state index contributed by atoms with van der Waals surface area (Å²) in [5.41, 5.74) is 12.5. The number of fused-ring (bicyclic) bond motifs is 3. The van der Waals surface area contributed by atoms with Gasteiger partial charge in [0, 0.05) is 5.69 Å². The van der Waals surface area contributed by atoms with Crippen molar-refractivity contribution in [3.8, 4) is 11.1 Å². The highest BCUT2D eigenvalue weighted by molar-refractivity contribution is 6.00. The molecule has 0 radical (unpaired) electrons. The van der Waals surface area contributed by atoms with Crippen LogP contribution in [0.25, 0.3) is 16.7 Å². The number of rotatable bonds is 0. The first-order valence-corrected chi connectivity index (χ1v) is 4.96. The second-order valence-electron chi connectivity index (χ2n) is 3.83. The molecule has 3 rings (SSSR count). The van der Waals surface area contributed by atoms with Crippen LogP contribution in [0.15, 0.2) is 49.0 Å². The van der Waals surface area contributed by atoms with Crippen LogP contribution in [0.2, 0.25) is 0 Å². The van der Waals surface area contributed by atoms with Crippen LogP contribution in [0.1, 0.15) is 11.1 Å². The zero-order valence-corrected chi connectivity index (χ0v) is 8.33. The van der Waals surface area contributed by atoms with Crippen LogP contribution in [-0.2, 0) is 0 Å². The highest BCUT2D eigenvalue weighted by Gasteiger charge is 2.20. The van der Waals surface area contributed by atoms with Gasteiger partial charge in [-0.1, -0.05) is 36.9 Å². The van der Waals surface area contributed by atoms with E-state index < -0.39 is 0 Å². The molecule has 1 nitrogen and oxygen atoms in total. The Kier molecular flexibility index (Phi) is 1.51. The van der Waals surface area contributed by atoms with Gasteiger partial charge in [-0.2, -0.15) is 0 Å². The number of nitrogen functional groups attached to an aromatic ring is 1. The number of hydrogen-bond acceptors (Lipinski definition) is 1. The Morgan fingerprint density at radius 3 is 2.27 bits per heavy atom. The molecule has 0 fully saturated rings. The van der Waals surface area contributed by atoms with Gasteiger partial charge in [-0.25, -0.2) is 0 Å². The van der Waals surface area contributed by atoms with Gasteiger partial charge in [-0.3, -0.25) is 0 Å². The van der Waals surface area contributed by atoms with E-state index in [9.17, 15) is 0 Å². The van der Waals surface area contributed by atoms with E-state index in [2.05, 4.69) is 30.8 Å². The van der Waals surface area contributed by atoms with Crippen molar-refractivity contribution in [3.05, 3.63) is 60.2 Å². The van der Waals surface area contributed by atoms with Crippen molar-refractivity contribution >= 4 is 11.3 Å². The average molecular weight is 193 g/mol. The maximum atomic E-state index is 5.79. The molecular weight excluding hydrogens is 182 g/mol. The summed E-state index contributed by atoms with van der Waals surface area (Å²) in [5, 5.41) is 0. The SMILES string of the molecule is C=C1c2ccccc2-c2ccc(N)cc21. The molecule has 1 aliphatic carbocycles. The molecule has 0 spiro atoms. The molecule has 2 aromatic rings. The van der Waals surface area contributed by atoms with Gasteiger partial charge in [-0.05, 0) is 40.0 Å². The molecule has 0 bridgehead atoms. The van der Waals surface area contributed by atoms with E-state index in [1.807, 2.05) is 18.2 Å². The van der Waals surface area contributed by atoms with E-state index >= 15 is 0 Å². The van der Waals surface area contributed by atoms with E-state index in [0.717, 1.165) is 16.8 Å². The summed E-state index contributed by atoms with van der Waals surface area (Å²) in [4.78, 5) is 0. The number of hydrogen-bond donors (Lipinski definition) is 1. The Balaban J connectivity index is 2.38. The minimum Gasteiger partial charge on any atom is -0.399 e. The average Bonchev–Trinajstić information content (AvgIpc) is 2.54. The van der Waals surface area contributed by atoms with Crippen molar-refractivity contribution in [2.75, 3.05) is 5.73 Å². The lowest BCUT2D eigenvalue weighted by Gasteiger charge is -2.00. The van der Waals surface area contributed by atoms with Crippen molar-refractivity contribution in [3.63, 3.8) is 0 Å². The van der Waals surface area contributed by atoms with Crippen molar-refractivity contribution in [1.82, 2.24) is 0 Å². The minimum absolute atomic E-state index is 0.794. The Labute approximate surface area is 88.9 Å². The molecule has 0 atom stereocenters. The largest absolute Gasteiger partial charge is 0.399 e. The summed E-state index contributed by atoms with van der Waals surface area (Å²) in [6, 6.07) is 14.3. The van der Waals surface area contributed by atoms with E-state index in [4.69, 9.17) is 5.73 Å². The maximum Gasteiger partial charge on any atom is 0.0320 e. The summed E-state index contributed by atoms with van der Waals surface area (Å²) >= 11 is 0. The summed E-state index contributed by atoms with van der Waals surface area (Å²) < 4.78 is 0. The lowest BCUT2D eigenvalue weighted by atomic mass is 10.1. The van der Waals surface area contributed by atoms with Crippen LogP contribution in [0, 0.1) is 0 Å². The van der Waals surface area contributed by atoms with Gasteiger partial charge in [0.25, 0.3) is 0 Å². The predicted octanol–water partition coefficient (Wildman–Crippen LogP) is 3.31. The second-order valence-corrected chi connectivity index (χ2v) is 3.83. The monoisotopic (exact) mass is 193 g/mol. The third-order valence-corrected chi connectivity index (χ3v) is 2.91. The predicted molar refractivity (Wildman–Crippen MR) is 64.4 cm³/mol. The second kappa shape index (κ2) is 2.74. The van der Waals surface area contributed by atoms with Crippen LogP contribution < -0.4 is 5.73 Å². The third kappa shape index (κ3) is 1.03. The molecule has 0 amide bonds. The van der Waals surface area contributed by atoms with Crippen molar-refractivity contribution in [1.29, 1.82) is 0 Å². The fourth-order valence-corrected chi connectivity index (χ4v) is 2.17. The standard InChI is InChI=1S/C14H11N/c1-9-11-4-2-3-5-12(11)13-7-6-10(15)8-14(9)13/h2-8H,1,15H2. The van der Waals surface area contributed by atoms with Crippen LogP contribution in [0.4, 0.5) is 5.69 Å². The Bertz CT molecular complexity index is 567. The highest BCUT2D eigenvalue weighted by Crippen LogP contribution is 2.43. The molecule has 72 valence electrons. The number of nitrogens with two attached hydrogens (primary N) is 1. The molecular formula is C14H11N. The molecule has 1 heteroatoms. The van der Waals surface area contributed by atoms with Crippen LogP contribution in [-0.4, -0.2) is 0 Å². The molecule has 0 unspecified atom stereocenters. The zero-order valence-electron chi connectivity index (χ0n) is 8.33. The van der Waals surface area contributed by atoms with Crippen LogP contribution in [0.3, 0.4) is 0 Å². The maximum absolute atomic E-state index is 5.79. The van der Waals surface area contributed by atoms with Gasteiger partial charge in [0.05, 0.1) is 0 Å². The minimum atomic E-state index is 0.794. The third-order valence-electron chi connectivity index (χ3n) is 2.91. The lowest BCUT2D eigenvalue weighted by molar-refractivity contribution is 1.64. The fourth-order valence-electron chi connectivity index (χ4n) is 2.17. The summed E-state index contributed by atoms with van der Waals surface area (Å²) in [6.45, 7) is 4.12. The molecule has 1 aliphatic rings. The van der Waals surface area contributed by atoms with E-state index in [-0.39, 0.29) is 0 Å².